The number of rotatable bonds is 3. The van der Waals surface area contributed by atoms with Crippen molar-refractivity contribution < 1.29 is 18.5 Å². The van der Waals surface area contributed by atoms with Crippen LogP contribution in [0.4, 0.5) is 0 Å². The van der Waals surface area contributed by atoms with Gasteiger partial charge >= 0.3 is 5.97 Å². The lowest BCUT2D eigenvalue weighted by Gasteiger charge is -2.10. The van der Waals surface area contributed by atoms with Crippen molar-refractivity contribution in [3.63, 3.8) is 0 Å². The molecule has 0 N–H and O–H groups in total. The van der Waals surface area contributed by atoms with E-state index in [-0.39, 0.29) is 5.78 Å². The number of ketones is 1. The zero-order valence-electron chi connectivity index (χ0n) is 10.5. The van der Waals surface area contributed by atoms with Crippen LogP contribution in [0.3, 0.4) is 0 Å². The fraction of sp³-hybridized carbons (Fsp3) is 0.429. The zero-order chi connectivity index (χ0) is 13.6. The van der Waals surface area contributed by atoms with Crippen LogP contribution in [0.25, 0.3) is 0 Å². The first-order chi connectivity index (χ1) is 9.09. The summed E-state index contributed by atoms with van der Waals surface area (Å²) in [5.74, 6) is 0.466. The second kappa shape index (κ2) is 4.27. The highest BCUT2D eigenvalue weighted by Gasteiger charge is 2.67. The molecular formula is C14H14O4S. The van der Waals surface area contributed by atoms with Crippen LogP contribution in [0.2, 0.25) is 0 Å². The van der Waals surface area contributed by atoms with Crippen LogP contribution in [0.15, 0.2) is 24.3 Å². The third kappa shape index (κ3) is 1.75. The monoisotopic (exact) mass is 278 g/mol. The SMILES string of the molecule is COC(=O)c1ccc(C(=O)[C@@]23C[C@@H]2CCS3=O)cc1. The Kier molecular flexibility index (Phi) is 2.82. The lowest BCUT2D eigenvalue weighted by atomic mass is 10.0. The second-order valence-corrected chi connectivity index (χ2v) is 6.85. The molecule has 0 spiro atoms. The van der Waals surface area contributed by atoms with Crippen LogP contribution in [-0.4, -0.2) is 33.6 Å². The van der Waals surface area contributed by atoms with Crippen LogP contribution in [0, 0.1) is 5.92 Å². The van der Waals surface area contributed by atoms with Crippen molar-refractivity contribution in [2.75, 3.05) is 12.9 Å². The van der Waals surface area contributed by atoms with Gasteiger partial charge in [-0.2, -0.15) is 0 Å². The fourth-order valence-electron chi connectivity index (χ4n) is 2.85. The van der Waals surface area contributed by atoms with E-state index in [0.717, 1.165) is 12.8 Å². The predicted molar refractivity (Wildman–Crippen MR) is 70.6 cm³/mol. The number of esters is 1. The highest BCUT2D eigenvalue weighted by Crippen LogP contribution is 2.57. The van der Waals surface area contributed by atoms with Crippen LogP contribution >= 0.6 is 0 Å². The van der Waals surface area contributed by atoms with Crippen LogP contribution < -0.4 is 0 Å². The van der Waals surface area contributed by atoms with Gasteiger partial charge in [-0.1, -0.05) is 12.1 Å². The summed E-state index contributed by atoms with van der Waals surface area (Å²) in [5, 5.41) is 0. The molecule has 1 saturated heterocycles. The van der Waals surface area contributed by atoms with E-state index in [1.807, 2.05) is 0 Å². The van der Waals surface area contributed by atoms with Gasteiger partial charge in [-0.15, -0.1) is 0 Å². The van der Waals surface area contributed by atoms with Crippen LogP contribution in [-0.2, 0) is 15.5 Å². The van der Waals surface area contributed by atoms with E-state index >= 15 is 0 Å². The molecule has 1 aromatic rings. The molecule has 19 heavy (non-hydrogen) atoms. The lowest BCUT2D eigenvalue weighted by Crippen LogP contribution is -2.28. The van der Waals surface area contributed by atoms with Gasteiger partial charge in [-0.05, 0) is 30.9 Å². The van der Waals surface area contributed by atoms with Gasteiger partial charge in [-0.25, -0.2) is 4.79 Å². The molecule has 1 heterocycles. The summed E-state index contributed by atoms with van der Waals surface area (Å²) in [5.41, 5.74) is 0.946. The third-order valence-corrected chi connectivity index (χ3v) is 6.16. The first kappa shape index (κ1) is 12.5. The largest absolute Gasteiger partial charge is 0.465 e. The summed E-state index contributed by atoms with van der Waals surface area (Å²) in [7, 11) is 0.277. The Hall–Kier alpha value is -1.49. The number of ether oxygens (including phenoxy) is 1. The molecule has 0 amide bonds. The minimum Gasteiger partial charge on any atom is -0.465 e. The van der Waals surface area contributed by atoms with Gasteiger partial charge < -0.3 is 4.74 Å². The van der Waals surface area contributed by atoms with Gasteiger partial charge in [0.1, 0.15) is 4.75 Å². The Morgan fingerprint density at radius 1 is 1.26 bits per heavy atom. The molecule has 3 atom stereocenters. The van der Waals surface area contributed by atoms with Crippen LogP contribution in [0.1, 0.15) is 33.6 Å². The maximum atomic E-state index is 12.5. The quantitative estimate of drug-likeness (QED) is 0.622. The molecule has 1 unspecified atom stereocenters. The summed E-state index contributed by atoms with van der Waals surface area (Å²) >= 11 is 0. The van der Waals surface area contributed by atoms with Crippen molar-refractivity contribution in [3.8, 4) is 0 Å². The molecule has 100 valence electrons. The number of Topliss-reactive ketones (excluding diaryl/α,β-unsaturated/α-hetero) is 1. The number of benzene rings is 1. The zero-order valence-corrected chi connectivity index (χ0v) is 11.4. The van der Waals surface area contributed by atoms with E-state index < -0.39 is 21.5 Å². The number of carbonyl (C=O) groups is 2. The Labute approximate surface area is 113 Å². The Morgan fingerprint density at radius 2 is 1.89 bits per heavy atom. The average Bonchev–Trinajstić information content (AvgIpc) is 3.11. The highest BCUT2D eigenvalue weighted by molar-refractivity contribution is 7.88. The molecular weight excluding hydrogens is 264 g/mol. The van der Waals surface area contributed by atoms with Crippen molar-refractivity contribution in [3.05, 3.63) is 35.4 Å². The van der Waals surface area contributed by atoms with Crippen molar-refractivity contribution in [2.24, 2.45) is 5.92 Å². The third-order valence-electron chi connectivity index (χ3n) is 4.06. The predicted octanol–water partition coefficient (Wildman–Crippen LogP) is 1.57. The molecule has 4 nitrogen and oxygen atoms in total. The summed E-state index contributed by atoms with van der Waals surface area (Å²) in [6, 6.07) is 6.39. The Balaban J connectivity index is 1.86. The minimum atomic E-state index is -1.04. The smallest absolute Gasteiger partial charge is 0.337 e. The van der Waals surface area contributed by atoms with E-state index in [2.05, 4.69) is 4.74 Å². The van der Waals surface area contributed by atoms with Crippen molar-refractivity contribution in [1.82, 2.24) is 0 Å². The van der Waals surface area contributed by atoms with Gasteiger partial charge in [0.2, 0.25) is 0 Å². The Bertz CT molecular complexity index is 578. The molecule has 2 aliphatic rings. The van der Waals surface area contributed by atoms with E-state index in [0.29, 0.717) is 22.8 Å². The van der Waals surface area contributed by atoms with Crippen molar-refractivity contribution in [2.45, 2.75) is 17.6 Å². The number of fused-ring (bicyclic) bond motifs is 1. The molecule has 2 fully saturated rings. The number of hydrogen-bond acceptors (Lipinski definition) is 4. The number of hydrogen-bond donors (Lipinski definition) is 0. The summed E-state index contributed by atoms with van der Waals surface area (Å²) in [4.78, 5) is 23.8. The van der Waals surface area contributed by atoms with E-state index in [4.69, 9.17) is 0 Å². The second-order valence-electron chi connectivity index (χ2n) is 5.03. The molecule has 0 bridgehead atoms. The standard InChI is InChI=1S/C14H14O4S/c1-18-13(16)10-4-2-9(3-5-10)12(15)14-8-11(14)6-7-19(14)17/h2-5,11H,6-8H2,1H3/t11-,14+,19?/m0/s1. The lowest BCUT2D eigenvalue weighted by molar-refractivity contribution is 0.0600. The summed E-state index contributed by atoms with van der Waals surface area (Å²) in [6.07, 6.45) is 1.63. The summed E-state index contributed by atoms with van der Waals surface area (Å²) < 4.78 is 16.0. The van der Waals surface area contributed by atoms with E-state index in [1.165, 1.54) is 7.11 Å². The topological polar surface area (TPSA) is 60.4 Å². The van der Waals surface area contributed by atoms with Crippen LogP contribution in [0.5, 0.6) is 0 Å². The highest BCUT2D eigenvalue weighted by atomic mass is 32.2. The average molecular weight is 278 g/mol. The van der Waals surface area contributed by atoms with Crippen molar-refractivity contribution in [1.29, 1.82) is 0 Å². The van der Waals surface area contributed by atoms with Gasteiger partial charge in [-0.3, -0.25) is 9.00 Å². The molecule has 1 aliphatic heterocycles. The molecule has 0 aromatic heterocycles. The fourth-order valence-corrected chi connectivity index (χ4v) is 4.92. The minimum absolute atomic E-state index is 0.0373. The normalized spacial score (nSPS) is 31.6. The van der Waals surface area contributed by atoms with Crippen molar-refractivity contribution >= 4 is 22.6 Å². The number of carbonyl (C=O) groups excluding carboxylic acids is 2. The molecule has 3 rings (SSSR count). The molecule has 1 aromatic carbocycles. The number of methoxy groups -OCH3 is 1. The maximum absolute atomic E-state index is 12.5. The van der Waals surface area contributed by atoms with Gasteiger partial charge in [0.05, 0.1) is 12.7 Å². The van der Waals surface area contributed by atoms with Gasteiger partial charge in [0.25, 0.3) is 0 Å². The van der Waals surface area contributed by atoms with E-state index in [9.17, 15) is 13.8 Å². The molecule has 0 radical (unpaired) electrons. The van der Waals surface area contributed by atoms with E-state index in [1.54, 1.807) is 24.3 Å². The summed E-state index contributed by atoms with van der Waals surface area (Å²) in [6.45, 7) is 0. The Morgan fingerprint density at radius 3 is 2.37 bits per heavy atom. The molecule has 1 saturated carbocycles. The molecule has 1 aliphatic carbocycles. The van der Waals surface area contributed by atoms with Gasteiger partial charge in [0, 0.05) is 22.1 Å². The maximum Gasteiger partial charge on any atom is 0.337 e. The first-order valence-corrected chi connectivity index (χ1v) is 7.53. The molecule has 5 heteroatoms. The van der Waals surface area contributed by atoms with Gasteiger partial charge in [0.15, 0.2) is 5.78 Å². The first-order valence-electron chi connectivity index (χ1n) is 6.21.